The van der Waals surface area contributed by atoms with Crippen molar-refractivity contribution in [3.05, 3.63) is 57.6 Å². The smallest absolute Gasteiger partial charge is 0.326 e. The molecule has 1 aliphatic heterocycles. The summed E-state index contributed by atoms with van der Waals surface area (Å²) in [4.78, 5) is 73.9. The molecule has 13 heteroatoms. The van der Waals surface area contributed by atoms with E-state index in [0.717, 1.165) is 11.1 Å². The lowest BCUT2D eigenvalue weighted by atomic mass is 9.70. The maximum atomic E-state index is 13.8. The van der Waals surface area contributed by atoms with E-state index in [2.05, 4.69) is 10.6 Å². The molecule has 0 aromatic heterocycles. The minimum absolute atomic E-state index is 0.0335. The first-order valence-electron chi connectivity index (χ1n) is 15.5. The number of carboxylic acids is 4. The van der Waals surface area contributed by atoms with Crippen molar-refractivity contribution in [1.82, 2.24) is 10.6 Å². The standard InChI is InChI=1S/C35H44N2O11/c1-33(2,3)17-13-19(29(42)36-23(31(44)45)9-11-25(38)39)27-21(15-17)35(7,8)22-16-18(34(4,5)6)14-20(28(22)48-27)30(43)37-24(32(46)47)10-12-26(40)41/h13-16,23-24H,9-12H2,1-8H3,(H,36,42)(H,37,43)(H,38,39)(H,40,41)(H,44,45)(H,46,47). The van der Waals surface area contributed by atoms with Crippen molar-refractivity contribution in [2.75, 3.05) is 0 Å². The van der Waals surface area contributed by atoms with E-state index < -0.39 is 76.9 Å². The lowest BCUT2D eigenvalue weighted by Gasteiger charge is -2.39. The fourth-order valence-electron chi connectivity index (χ4n) is 5.38. The Balaban J connectivity index is 2.28. The highest BCUT2D eigenvalue weighted by atomic mass is 16.5. The minimum atomic E-state index is -1.51. The van der Waals surface area contributed by atoms with E-state index in [1.54, 1.807) is 12.1 Å². The molecule has 13 nitrogen and oxygen atoms in total. The molecule has 48 heavy (non-hydrogen) atoms. The van der Waals surface area contributed by atoms with E-state index in [1.807, 2.05) is 67.5 Å². The molecule has 6 N–H and O–H groups in total. The first-order chi connectivity index (χ1) is 21.9. The Bertz CT molecular complexity index is 1540. The molecule has 2 atom stereocenters. The zero-order valence-corrected chi connectivity index (χ0v) is 28.4. The molecule has 260 valence electrons. The number of ether oxygens (including phenoxy) is 1. The molecule has 0 fully saturated rings. The van der Waals surface area contributed by atoms with Gasteiger partial charge < -0.3 is 35.8 Å². The topological polar surface area (TPSA) is 217 Å². The molecule has 0 spiro atoms. The van der Waals surface area contributed by atoms with Gasteiger partial charge in [-0.05, 0) is 46.9 Å². The Morgan fingerprint density at radius 1 is 0.646 bits per heavy atom. The number of fused-ring (bicyclic) bond motifs is 2. The molecule has 2 aromatic rings. The fraction of sp³-hybridized carbons (Fsp3) is 0.486. The van der Waals surface area contributed by atoms with Crippen LogP contribution in [0, 0.1) is 0 Å². The molecule has 0 bridgehead atoms. The van der Waals surface area contributed by atoms with E-state index in [1.165, 1.54) is 0 Å². The Morgan fingerprint density at radius 2 is 0.979 bits per heavy atom. The van der Waals surface area contributed by atoms with Crippen molar-refractivity contribution in [2.24, 2.45) is 0 Å². The van der Waals surface area contributed by atoms with Crippen molar-refractivity contribution in [3.8, 4) is 11.5 Å². The molecule has 3 rings (SSSR count). The first kappa shape index (κ1) is 37.5. The molecule has 2 amide bonds. The molecule has 1 heterocycles. The zero-order valence-electron chi connectivity index (χ0n) is 28.4. The Hall–Kier alpha value is -4.94. The van der Waals surface area contributed by atoms with Gasteiger partial charge in [0.1, 0.15) is 23.6 Å². The zero-order chi connectivity index (χ0) is 36.5. The summed E-state index contributed by atoms with van der Waals surface area (Å²) in [5.74, 6) is -6.83. The van der Waals surface area contributed by atoms with Crippen molar-refractivity contribution in [1.29, 1.82) is 0 Å². The van der Waals surface area contributed by atoms with Crippen LogP contribution in [-0.4, -0.2) is 68.2 Å². The predicted octanol–water partition coefficient (Wildman–Crippen LogP) is 4.81. The average Bonchev–Trinajstić information content (AvgIpc) is 2.94. The van der Waals surface area contributed by atoms with Gasteiger partial charge in [-0.1, -0.05) is 67.5 Å². The number of carbonyl (C=O) groups is 6. The number of aliphatic carboxylic acids is 4. The van der Waals surface area contributed by atoms with Crippen LogP contribution in [0.15, 0.2) is 24.3 Å². The summed E-state index contributed by atoms with van der Waals surface area (Å²) < 4.78 is 6.43. The number of benzene rings is 2. The Labute approximate surface area is 278 Å². The molecule has 0 saturated carbocycles. The second kappa shape index (κ2) is 13.7. The number of hydrogen-bond donors (Lipinski definition) is 6. The minimum Gasteiger partial charge on any atom is -0.481 e. The number of nitrogens with one attached hydrogen (secondary N) is 2. The van der Waals surface area contributed by atoms with Crippen molar-refractivity contribution < 1.29 is 53.9 Å². The highest BCUT2D eigenvalue weighted by Crippen LogP contribution is 2.52. The van der Waals surface area contributed by atoms with Crippen LogP contribution in [0.1, 0.15) is 124 Å². The van der Waals surface area contributed by atoms with Gasteiger partial charge in [-0.2, -0.15) is 0 Å². The molecule has 0 aliphatic carbocycles. The van der Waals surface area contributed by atoms with E-state index >= 15 is 0 Å². The van der Waals surface area contributed by atoms with E-state index in [4.69, 9.17) is 14.9 Å². The van der Waals surface area contributed by atoms with Gasteiger partial charge >= 0.3 is 23.9 Å². The number of hydrogen-bond acceptors (Lipinski definition) is 7. The maximum Gasteiger partial charge on any atom is 0.326 e. The summed E-state index contributed by atoms with van der Waals surface area (Å²) in [5, 5.41) is 42.5. The normalized spacial score (nSPS) is 14.8. The van der Waals surface area contributed by atoms with Crippen LogP contribution in [-0.2, 0) is 35.4 Å². The summed E-state index contributed by atoms with van der Waals surface area (Å²) in [6.07, 6.45) is -1.71. The van der Waals surface area contributed by atoms with Gasteiger partial charge in [-0.25, -0.2) is 9.59 Å². The number of carbonyl (C=O) groups excluding carboxylic acids is 2. The third-order valence-electron chi connectivity index (χ3n) is 8.45. The van der Waals surface area contributed by atoms with Crippen molar-refractivity contribution in [3.63, 3.8) is 0 Å². The Morgan fingerprint density at radius 3 is 1.25 bits per heavy atom. The van der Waals surface area contributed by atoms with Gasteiger partial charge in [0.15, 0.2) is 0 Å². The SMILES string of the molecule is CC(C)(C)c1cc(C(=O)NC(CCC(=O)O)C(=O)O)c2c(c1)C(C)(C)c1cc(C(C)(C)C)cc(C(=O)NC(CCC(=O)O)C(=O)O)c1O2. The summed E-state index contributed by atoms with van der Waals surface area (Å²) >= 11 is 0. The quantitative estimate of drug-likeness (QED) is 0.180. The van der Waals surface area contributed by atoms with Crippen LogP contribution >= 0.6 is 0 Å². The second-order valence-electron chi connectivity index (χ2n) is 14.6. The summed E-state index contributed by atoms with van der Waals surface area (Å²) in [7, 11) is 0. The number of carboxylic acid groups (broad SMARTS) is 4. The average molecular weight is 669 g/mol. The second-order valence-corrected chi connectivity index (χ2v) is 14.6. The van der Waals surface area contributed by atoms with Gasteiger partial charge in [0.2, 0.25) is 0 Å². The van der Waals surface area contributed by atoms with Crippen LogP contribution in [0.3, 0.4) is 0 Å². The van der Waals surface area contributed by atoms with Gasteiger partial charge in [0.05, 0.1) is 11.1 Å². The van der Waals surface area contributed by atoms with Crippen LogP contribution in [0.5, 0.6) is 11.5 Å². The molecule has 0 radical (unpaired) electrons. The monoisotopic (exact) mass is 668 g/mol. The molecular weight excluding hydrogens is 624 g/mol. The summed E-state index contributed by atoms with van der Waals surface area (Å²) in [6.45, 7) is 15.4. The molecule has 1 aliphatic rings. The number of rotatable bonds is 12. The first-order valence-corrected chi connectivity index (χ1v) is 15.5. The molecule has 2 unspecified atom stereocenters. The third kappa shape index (κ3) is 8.31. The molecular formula is C35H44N2O11. The van der Waals surface area contributed by atoms with Gasteiger partial charge in [-0.15, -0.1) is 0 Å². The molecule has 2 aromatic carbocycles. The van der Waals surface area contributed by atoms with Crippen molar-refractivity contribution >= 4 is 35.7 Å². The van der Waals surface area contributed by atoms with Crippen LogP contribution < -0.4 is 15.4 Å². The summed E-state index contributed by atoms with van der Waals surface area (Å²) in [6, 6.07) is 3.90. The fourth-order valence-corrected chi connectivity index (χ4v) is 5.38. The predicted molar refractivity (Wildman–Crippen MR) is 174 cm³/mol. The maximum absolute atomic E-state index is 13.8. The lowest BCUT2D eigenvalue weighted by molar-refractivity contribution is -0.142. The molecule has 0 saturated heterocycles. The van der Waals surface area contributed by atoms with Gasteiger partial charge in [0.25, 0.3) is 11.8 Å². The highest BCUT2D eigenvalue weighted by molar-refractivity contribution is 6.02. The van der Waals surface area contributed by atoms with Gasteiger partial charge in [0, 0.05) is 29.4 Å². The largest absolute Gasteiger partial charge is 0.481 e. The Kier molecular flexibility index (Phi) is 10.7. The van der Waals surface area contributed by atoms with Crippen LogP contribution in [0.4, 0.5) is 0 Å². The van der Waals surface area contributed by atoms with Crippen LogP contribution in [0.2, 0.25) is 0 Å². The van der Waals surface area contributed by atoms with Crippen LogP contribution in [0.25, 0.3) is 0 Å². The highest BCUT2D eigenvalue weighted by Gasteiger charge is 2.41. The third-order valence-corrected chi connectivity index (χ3v) is 8.45. The number of amides is 2. The van der Waals surface area contributed by atoms with E-state index in [9.17, 15) is 39.0 Å². The summed E-state index contributed by atoms with van der Waals surface area (Å²) in [5.41, 5.74) is 0.683. The van der Waals surface area contributed by atoms with Gasteiger partial charge in [-0.3, -0.25) is 19.2 Å². The van der Waals surface area contributed by atoms with Crippen molar-refractivity contribution in [2.45, 2.75) is 109 Å². The van der Waals surface area contributed by atoms with E-state index in [-0.39, 0.29) is 35.5 Å². The van der Waals surface area contributed by atoms with E-state index in [0.29, 0.717) is 11.1 Å². The lowest BCUT2D eigenvalue weighted by Crippen LogP contribution is -2.42.